The van der Waals surface area contributed by atoms with E-state index in [2.05, 4.69) is 55.3 Å². The smallest absolute Gasteiger partial charge is 0.0314 e. The molecule has 0 aliphatic carbocycles. The van der Waals surface area contributed by atoms with E-state index in [1.165, 1.54) is 23.1 Å². The van der Waals surface area contributed by atoms with Crippen molar-refractivity contribution in [3.8, 4) is 0 Å². The maximum atomic E-state index is 5.69. The number of hydrogen-bond donors (Lipinski definition) is 1. The Hall–Kier alpha value is -1.80. The number of nitrogens with two attached hydrogens (primary N) is 1. The van der Waals surface area contributed by atoms with Crippen LogP contribution in [0.4, 0.5) is 5.69 Å². The van der Waals surface area contributed by atoms with Crippen LogP contribution in [0.15, 0.2) is 48.5 Å². The number of anilines is 1. The molecule has 0 amide bonds. The number of hydrogen-bond acceptors (Lipinski definition) is 2. The molecule has 20 heavy (non-hydrogen) atoms. The van der Waals surface area contributed by atoms with Crippen molar-refractivity contribution in [2.24, 2.45) is 0 Å². The fourth-order valence-electron chi connectivity index (χ4n) is 2.44. The van der Waals surface area contributed by atoms with Gasteiger partial charge >= 0.3 is 0 Å². The molecular formula is C18H24N2. The Morgan fingerprint density at radius 3 is 2.45 bits per heavy atom. The van der Waals surface area contributed by atoms with Crippen molar-refractivity contribution in [2.75, 3.05) is 19.3 Å². The van der Waals surface area contributed by atoms with E-state index in [0.29, 0.717) is 0 Å². The van der Waals surface area contributed by atoms with Crippen LogP contribution >= 0.6 is 0 Å². The molecule has 0 aliphatic heterocycles. The Morgan fingerprint density at radius 2 is 1.75 bits per heavy atom. The van der Waals surface area contributed by atoms with E-state index in [-0.39, 0.29) is 0 Å². The van der Waals surface area contributed by atoms with Crippen LogP contribution in [0, 0.1) is 6.92 Å². The Bertz CT molecular complexity index is 531. The van der Waals surface area contributed by atoms with E-state index in [4.69, 9.17) is 5.73 Å². The summed E-state index contributed by atoms with van der Waals surface area (Å²) < 4.78 is 0. The minimum Gasteiger partial charge on any atom is -0.399 e. The summed E-state index contributed by atoms with van der Waals surface area (Å²) in [7, 11) is 2.19. The van der Waals surface area contributed by atoms with E-state index in [0.717, 1.165) is 25.2 Å². The molecule has 2 rings (SSSR count). The van der Waals surface area contributed by atoms with Gasteiger partial charge in [-0.2, -0.15) is 0 Å². The van der Waals surface area contributed by atoms with E-state index in [1.807, 2.05) is 12.1 Å². The average Bonchev–Trinajstić information content (AvgIpc) is 2.41. The molecule has 2 heteroatoms. The first kappa shape index (κ1) is 14.6. The molecule has 0 saturated heterocycles. The Labute approximate surface area is 122 Å². The molecule has 0 fully saturated rings. The van der Waals surface area contributed by atoms with E-state index < -0.39 is 0 Å². The van der Waals surface area contributed by atoms with Crippen molar-refractivity contribution in [2.45, 2.75) is 26.3 Å². The van der Waals surface area contributed by atoms with Crippen LogP contribution in [0.5, 0.6) is 0 Å². The molecule has 0 heterocycles. The Balaban J connectivity index is 1.75. The predicted molar refractivity (Wildman–Crippen MR) is 86.7 cm³/mol. The fourth-order valence-corrected chi connectivity index (χ4v) is 2.44. The van der Waals surface area contributed by atoms with Crippen molar-refractivity contribution in [3.05, 3.63) is 65.2 Å². The van der Waals surface area contributed by atoms with Crippen LogP contribution in [-0.2, 0) is 13.0 Å². The Kier molecular flexibility index (Phi) is 5.19. The molecule has 0 saturated carbocycles. The number of rotatable bonds is 6. The number of aryl methyl sites for hydroxylation is 2. The highest BCUT2D eigenvalue weighted by Crippen LogP contribution is 2.10. The van der Waals surface area contributed by atoms with Gasteiger partial charge in [0.05, 0.1) is 0 Å². The van der Waals surface area contributed by atoms with Crippen LogP contribution in [0.3, 0.4) is 0 Å². The second-order valence-electron chi connectivity index (χ2n) is 5.57. The molecule has 2 N–H and O–H groups in total. The van der Waals surface area contributed by atoms with Crippen LogP contribution in [0.1, 0.15) is 23.1 Å². The molecule has 2 aromatic rings. The highest BCUT2D eigenvalue weighted by molar-refractivity contribution is 5.39. The maximum Gasteiger partial charge on any atom is 0.0314 e. The lowest BCUT2D eigenvalue weighted by Gasteiger charge is -2.17. The minimum atomic E-state index is 0.838. The summed E-state index contributed by atoms with van der Waals surface area (Å²) in [5.74, 6) is 0. The van der Waals surface area contributed by atoms with Gasteiger partial charge < -0.3 is 10.6 Å². The van der Waals surface area contributed by atoms with Gasteiger partial charge in [0.25, 0.3) is 0 Å². The van der Waals surface area contributed by atoms with Crippen LogP contribution in [-0.4, -0.2) is 18.5 Å². The lowest BCUT2D eigenvalue weighted by molar-refractivity contribution is 0.322. The molecule has 0 radical (unpaired) electrons. The van der Waals surface area contributed by atoms with Crippen LogP contribution in [0.2, 0.25) is 0 Å². The van der Waals surface area contributed by atoms with Crippen LogP contribution < -0.4 is 5.73 Å². The zero-order valence-corrected chi connectivity index (χ0v) is 12.5. The van der Waals surface area contributed by atoms with Gasteiger partial charge in [-0.05, 0) is 56.6 Å². The summed E-state index contributed by atoms with van der Waals surface area (Å²) >= 11 is 0. The largest absolute Gasteiger partial charge is 0.399 e. The lowest BCUT2D eigenvalue weighted by atomic mass is 10.1. The topological polar surface area (TPSA) is 29.3 Å². The third-order valence-corrected chi connectivity index (χ3v) is 3.52. The minimum absolute atomic E-state index is 0.838. The summed E-state index contributed by atoms with van der Waals surface area (Å²) in [5.41, 5.74) is 10.6. The van der Waals surface area contributed by atoms with Crippen molar-refractivity contribution in [3.63, 3.8) is 0 Å². The number of nitrogens with zero attached hydrogens (tertiary/aromatic N) is 1. The molecule has 2 nitrogen and oxygen atoms in total. The predicted octanol–water partition coefficient (Wildman–Crippen LogP) is 3.64. The monoisotopic (exact) mass is 268 g/mol. The maximum absolute atomic E-state index is 5.69. The first-order chi connectivity index (χ1) is 9.63. The van der Waals surface area contributed by atoms with E-state index >= 15 is 0 Å². The Morgan fingerprint density at radius 1 is 1.00 bits per heavy atom. The van der Waals surface area contributed by atoms with Crippen molar-refractivity contribution >= 4 is 5.69 Å². The van der Waals surface area contributed by atoms with Crippen molar-refractivity contribution < 1.29 is 0 Å². The molecule has 106 valence electrons. The van der Waals surface area contributed by atoms with Crippen molar-refractivity contribution in [1.29, 1.82) is 0 Å². The van der Waals surface area contributed by atoms with Crippen LogP contribution in [0.25, 0.3) is 0 Å². The molecule has 0 bridgehead atoms. The number of nitrogen functional groups attached to an aromatic ring is 1. The van der Waals surface area contributed by atoms with Gasteiger partial charge in [0.1, 0.15) is 0 Å². The quantitative estimate of drug-likeness (QED) is 0.810. The van der Waals surface area contributed by atoms with Gasteiger partial charge in [-0.15, -0.1) is 0 Å². The molecule has 0 spiro atoms. The standard InChI is InChI=1S/C18H24N2/c1-15-5-3-6-17(13-15)14-20(2)12-4-7-16-8-10-18(19)11-9-16/h3,5-6,8-11,13H,4,7,12,14,19H2,1-2H3. The van der Waals surface area contributed by atoms with Gasteiger partial charge in [0.2, 0.25) is 0 Å². The van der Waals surface area contributed by atoms with E-state index in [9.17, 15) is 0 Å². The highest BCUT2D eigenvalue weighted by Gasteiger charge is 2.01. The average molecular weight is 268 g/mol. The van der Waals surface area contributed by atoms with Gasteiger partial charge in [0.15, 0.2) is 0 Å². The molecule has 0 aromatic heterocycles. The van der Waals surface area contributed by atoms with Gasteiger partial charge in [0, 0.05) is 12.2 Å². The SMILES string of the molecule is Cc1cccc(CN(C)CCCc2ccc(N)cc2)c1. The van der Waals surface area contributed by atoms with E-state index in [1.54, 1.807) is 0 Å². The summed E-state index contributed by atoms with van der Waals surface area (Å²) in [4.78, 5) is 2.38. The normalized spacial score (nSPS) is 10.9. The second kappa shape index (κ2) is 7.11. The zero-order valence-electron chi connectivity index (χ0n) is 12.5. The third kappa shape index (κ3) is 4.71. The fraction of sp³-hybridized carbons (Fsp3) is 0.333. The van der Waals surface area contributed by atoms with Gasteiger partial charge in [-0.1, -0.05) is 42.0 Å². The summed E-state index contributed by atoms with van der Waals surface area (Å²) in [6, 6.07) is 16.9. The summed E-state index contributed by atoms with van der Waals surface area (Å²) in [6.07, 6.45) is 2.28. The molecule has 0 aliphatic rings. The molecule has 0 unspecified atom stereocenters. The molecule has 2 aromatic carbocycles. The summed E-state index contributed by atoms with van der Waals surface area (Å²) in [6.45, 7) is 4.27. The molecular weight excluding hydrogens is 244 g/mol. The lowest BCUT2D eigenvalue weighted by Crippen LogP contribution is -2.19. The first-order valence-electron chi connectivity index (χ1n) is 7.22. The zero-order chi connectivity index (χ0) is 14.4. The van der Waals surface area contributed by atoms with Gasteiger partial charge in [-0.25, -0.2) is 0 Å². The highest BCUT2D eigenvalue weighted by atomic mass is 15.1. The summed E-state index contributed by atoms with van der Waals surface area (Å²) in [5, 5.41) is 0. The third-order valence-electron chi connectivity index (χ3n) is 3.52. The molecule has 0 atom stereocenters. The van der Waals surface area contributed by atoms with Crippen molar-refractivity contribution in [1.82, 2.24) is 4.90 Å². The first-order valence-corrected chi connectivity index (χ1v) is 7.22. The second-order valence-corrected chi connectivity index (χ2v) is 5.57. The number of benzene rings is 2. The van der Waals surface area contributed by atoms with Gasteiger partial charge in [-0.3, -0.25) is 0 Å².